The van der Waals surface area contributed by atoms with Crippen LogP contribution >= 0.6 is 0 Å². The first-order chi connectivity index (χ1) is 21.3. The smallest absolute Gasteiger partial charge is 0.257 e. The molecule has 6 aliphatic carbocycles. The Bertz CT molecular complexity index is 1490. The lowest BCUT2D eigenvalue weighted by Crippen LogP contribution is -2.52. The van der Waals surface area contributed by atoms with Crippen LogP contribution in [-0.4, -0.2) is 38.7 Å². The molecule has 1 amide bonds. The van der Waals surface area contributed by atoms with Gasteiger partial charge in [-0.1, -0.05) is 16.4 Å². The van der Waals surface area contributed by atoms with E-state index in [4.69, 9.17) is 14.0 Å². The number of anilines is 1. The highest BCUT2D eigenvalue weighted by molar-refractivity contribution is 5.95. The number of rotatable bonds is 10. The lowest BCUT2D eigenvalue weighted by molar-refractivity contribution is -0.127. The van der Waals surface area contributed by atoms with Crippen LogP contribution in [0.25, 0.3) is 11.5 Å². The molecule has 3 aromatic rings. The van der Waals surface area contributed by atoms with E-state index in [2.05, 4.69) is 15.3 Å². The van der Waals surface area contributed by atoms with Gasteiger partial charge in [-0.15, -0.1) is 0 Å². The van der Waals surface area contributed by atoms with Crippen LogP contribution in [0.5, 0.6) is 0 Å². The number of alkyl halides is 2. The zero-order valence-electron chi connectivity index (χ0n) is 25.3. The quantitative estimate of drug-likeness (QED) is 0.236. The van der Waals surface area contributed by atoms with E-state index in [9.17, 15) is 13.6 Å². The molecule has 44 heavy (non-hydrogen) atoms. The maximum Gasteiger partial charge on any atom is 0.257 e. The maximum absolute atomic E-state index is 14.2. The Balaban J connectivity index is 1.03. The molecule has 2 heterocycles. The van der Waals surface area contributed by atoms with E-state index in [1.807, 2.05) is 29.2 Å². The number of amides is 1. The van der Waals surface area contributed by atoms with Gasteiger partial charge in [0, 0.05) is 54.8 Å². The molecule has 0 N–H and O–H groups in total. The monoisotopic (exact) mass is 605 g/mol. The first-order valence-electron chi connectivity index (χ1n) is 16.7. The summed E-state index contributed by atoms with van der Waals surface area (Å²) in [5, 5.41) is 8.50. The SMILES string of the molecule is O=C(C1CCC(F)(F)CC1)N(CC12CCC(c3nc(CC4CC4)no3)(CC1)CC2)c1cccc(-c2nc(CC3CC3)no2)c1. The van der Waals surface area contributed by atoms with Gasteiger partial charge in [0.25, 0.3) is 5.89 Å². The van der Waals surface area contributed by atoms with Crippen LogP contribution in [0.15, 0.2) is 33.3 Å². The third kappa shape index (κ3) is 5.69. The van der Waals surface area contributed by atoms with E-state index in [1.165, 1.54) is 25.7 Å². The molecule has 0 radical (unpaired) electrons. The molecule has 0 saturated heterocycles. The molecule has 0 atom stereocenters. The second kappa shape index (κ2) is 10.7. The zero-order valence-corrected chi connectivity index (χ0v) is 25.3. The van der Waals surface area contributed by atoms with Crippen molar-refractivity contribution in [2.75, 3.05) is 11.4 Å². The van der Waals surface area contributed by atoms with E-state index in [-0.39, 0.29) is 42.4 Å². The van der Waals surface area contributed by atoms with Crippen LogP contribution in [0.4, 0.5) is 14.5 Å². The summed E-state index contributed by atoms with van der Waals surface area (Å²) in [4.78, 5) is 25.6. The largest absolute Gasteiger partial charge is 0.339 e. The van der Waals surface area contributed by atoms with Crippen LogP contribution in [-0.2, 0) is 23.1 Å². The van der Waals surface area contributed by atoms with Crippen LogP contribution < -0.4 is 4.90 Å². The molecule has 2 aromatic heterocycles. The van der Waals surface area contributed by atoms with Gasteiger partial charge in [-0.2, -0.15) is 9.97 Å². The van der Waals surface area contributed by atoms with Crippen LogP contribution in [0.3, 0.4) is 0 Å². The number of benzene rings is 1. The van der Waals surface area contributed by atoms with Crippen molar-refractivity contribution in [3.05, 3.63) is 41.8 Å². The molecule has 234 valence electrons. The second-order valence-corrected chi connectivity index (χ2v) is 14.7. The summed E-state index contributed by atoms with van der Waals surface area (Å²) in [6, 6.07) is 7.75. The van der Waals surface area contributed by atoms with Gasteiger partial charge in [-0.05, 0) is 112 Å². The number of hydrogen-bond acceptors (Lipinski definition) is 7. The predicted octanol–water partition coefficient (Wildman–Crippen LogP) is 7.48. The minimum Gasteiger partial charge on any atom is -0.339 e. The van der Waals surface area contributed by atoms with E-state index in [1.54, 1.807) is 0 Å². The normalized spacial score (nSPS) is 28.3. The summed E-state index contributed by atoms with van der Waals surface area (Å²) < 4.78 is 39.6. The van der Waals surface area contributed by atoms with Gasteiger partial charge < -0.3 is 13.9 Å². The molecule has 10 heteroatoms. The van der Waals surface area contributed by atoms with Gasteiger partial charge in [0.2, 0.25) is 17.7 Å². The Hall–Kier alpha value is -3.17. The van der Waals surface area contributed by atoms with Gasteiger partial charge in [0.15, 0.2) is 11.6 Å². The first kappa shape index (κ1) is 28.3. The Morgan fingerprint density at radius 1 is 0.818 bits per heavy atom. The van der Waals surface area contributed by atoms with Crippen molar-refractivity contribution in [2.24, 2.45) is 23.2 Å². The summed E-state index contributed by atoms with van der Waals surface area (Å²) in [6.45, 7) is 0.575. The molecule has 6 fully saturated rings. The Labute approximate surface area is 256 Å². The van der Waals surface area contributed by atoms with E-state index >= 15 is 0 Å². The van der Waals surface area contributed by atoms with Gasteiger partial charge in [-0.3, -0.25) is 4.79 Å². The highest BCUT2D eigenvalue weighted by atomic mass is 19.3. The molecule has 6 aliphatic rings. The standard InChI is InChI=1S/C34H41F2N5O3/c35-34(36)10-8-24(9-11-34)30(42)41(26-3-1-2-25(20-26)29-37-27(39-43-29)18-22-4-5-22)21-32-12-15-33(16-13-32,17-14-32)31-38-28(40-44-31)19-23-6-7-23/h1-3,20,22-24H,4-19,21H2. The fourth-order valence-corrected chi connectivity index (χ4v) is 7.93. The van der Waals surface area contributed by atoms with Crippen molar-refractivity contribution in [1.82, 2.24) is 20.3 Å². The van der Waals surface area contributed by atoms with Crippen molar-refractivity contribution in [3.63, 3.8) is 0 Å². The van der Waals surface area contributed by atoms with Crippen molar-refractivity contribution >= 4 is 11.6 Å². The van der Waals surface area contributed by atoms with E-state index in [0.29, 0.717) is 24.3 Å². The lowest BCUT2D eigenvalue weighted by Gasteiger charge is -2.53. The fraction of sp³-hybridized carbons (Fsp3) is 0.676. The van der Waals surface area contributed by atoms with Crippen molar-refractivity contribution in [1.29, 1.82) is 0 Å². The molecular formula is C34H41F2N5O3. The highest BCUT2D eigenvalue weighted by Crippen LogP contribution is 2.58. The number of aromatic nitrogens is 4. The summed E-state index contributed by atoms with van der Waals surface area (Å²) in [5.41, 5.74) is 1.43. The Kier molecular flexibility index (Phi) is 6.90. The van der Waals surface area contributed by atoms with Crippen molar-refractivity contribution < 1.29 is 22.6 Å². The molecule has 0 unspecified atom stereocenters. The van der Waals surface area contributed by atoms with Gasteiger partial charge in [-0.25, -0.2) is 8.78 Å². The van der Waals surface area contributed by atoms with E-state index < -0.39 is 11.8 Å². The molecular weight excluding hydrogens is 564 g/mol. The number of carbonyl (C=O) groups excluding carboxylic acids is 1. The summed E-state index contributed by atoms with van der Waals surface area (Å²) in [7, 11) is 0. The van der Waals surface area contributed by atoms with Crippen molar-refractivity contribution in [3.8, 4) is 11.5 Å². The average Bonchev–Trinajstić information content (AvgIpc) is 3.93. The van der Waals surface area contributed by atoms with Gasteiger partial charge in [0.05, 0.1) is 0 Å². The van der Waals surface area contributed by atoms with Crippen LogP contribution in [0, 0.1) is 23.2 Å². The van der Waals surface area contributed by atoms with Crippen LogP contribution in [0.2, 0.25) is 0 Å². The zero-order chi connectivity index (χ0) is 29.9. The summed E-state index contributed by atoms with van der Waals surface area (Å²) in [5.74, 6) is 1.04. The summed E-state index contributed by atoms with van der Waals surface area (Å²) in [6.07, 6.45) is 12.4. The molecule has 6 saturated carbocycles. The molecule has 0 spiro atoms. The maximum atomic E-state index is 14.2. The molecule has 9 rings (SSSR count). The highest BCUT2D eigenvalue weighted by Gasteiger charge is 2.53. The van der Waals surface area contributed by atoms with E-state index in [0.717, 1.165) is 80.2 Å². The second-order valence-electron chi connectivity index (χ2n) is 14.7. The molecule has 0 aliphatic heterocycles. The first-order valence-corrected chi connectivity index (χ1v) is 16.7. The lowest BCUT2D eigenvalue weighted by atomic mass is 9.53. The number of halogens is 2. The minimum atomic E-state index is -2.68. The topological polar surface area (TPSA) is 98.2 Å². The number of nitrogens with zero attached hydrogens (tertiary/aromatic N) is 5. The average molecular weight is 606 g/mol. The van der Waals surface area contributed by atoms with Gasteiger partial charge in [0.1, 0.15) is 0 Å². The summed E-state index contributed by atoms with van der Waals surface area (Å²) >= 11 is 0. The molecule has 8 nitrogen and oxygen atoms in total. The Morgan fingerprint density at radius 2 is 1.45 bits per heavy atom. The third-order valence-electron chi connectivity index (χ3n) is 11.4. The third-order valence-corrected chi connectivity index (χ3v) is 11.4. The molecule has 1 aromatic carbocycles. The number of hydrogen-bond donors (Lipinski definition) is 0. The number of fused-ring (bicyclic) bond motifs is 3. The predicted molar refractivity (Wildman–Crippen MR) is 158 cm³/mol. The Morgan fingerprint density at radius 3 is 2.11 bits per heavy atom. The van der Waals surface area contributed by atoms with Crippen LogP contribution in [0.1, 0.15) is 107 Å². The van der Waals surface area contributed by atoms with Gasteiger partial charge >= 0.3 is 0 Å². The number of carbonyl (C=O) groups is 1. The van der Waals surface area contributed by atoms with Crippen molar-refractivity contribution in [2.45, 2.75) is 114 Å². The fourth-order valence-electron chi connectivity index (χ4n) is 7.93. The molecule has 2 bridgehead atoms. The minimum absolute atomic E-state index is 0.0369.